The van der Waals surface area contributed by atoms with Crippen molar-refractivity contribution in [1.82, 2.24) is 0 Å². The molecule has 2 rings (SSSR count). The lowest BCUT2D eigenvalue weighted by atomic mass is 9.83. The predicted molar refractivity (Wildman–Crippen MR) is 75.8 cm³/mol. The van der Waals surface area contributed by atoms with E-state index >= 15 is 0 Å². The number of hydrogen-bond acceptors (Lipinski definition) is 2. The third kappa shape index (κ3) is 2.79. The summed E-state index contributed by atoms with van der Waals surface area (Å²) in [5, 5.41) is 12.9. The molecule has 1 fully saturated rings. The molecule has 0 atom stereocenters. The van der Waals surface area contributed by atoms with E-state index in [2.05, 4.69) is 18.3 Å². The second-order valence-electron chi connectivity index (χ2n) is 5.22. The Bertz CT molecular complexity index is 456. The highest BCUT2D eigenvalue weighted by atomic mass is 35.5. The highest BCUT2D eigenvalue weighted by Gasteiger charge is 2.31. The molecule has 3 heteroatoms. The molecular weight excluding hydrogens is 244 g/mol. The molecule has 1 aliphatic rings. The summed E-state index contributed by atoms with van der Waals surface area (Å²) in [6.45, 7) is 3.25. The third-order valence-corrected chi connectivity index (χ3v) is 4.48. The standard InChI is InChI=1S/C15H19ClN2/c1-2-15(7-3-4-8-15)11-18-14-6-5-12(10-17)9-13(14)16/h5-6,9,18H,2-4,7-8,11H2,1H3. The van der Waals surface area contributed by atoms with Crippen LogP contribution < -0.4 is 5.32 Å². The minimum absolute atomic E-state index is 0.442. The molecule has 96 valence electrons. The Morgan fingerprint density at radius 1 is 1.39 bits per heavy atom. The van der Waals surface area contributed by atoms with Gasteiger partial charge in [0, 0.05) is 6.54 Å². The van der Waals surface area contributed by atoms with E-state index in [1.54, 1.807) is 6.07 Å². The molecule has 1 aromatic rings. The fraction of sp³-hybridized carbons (Fsp3) is 0.533. The molecule has 1 saturated carbocycles. The summed E-state index contributed by atoms with van der Waals surface area (Å²) in [6.07, 6.45) is 6.52. The Morgan fingerprint density at radius 3 is 2.67 bits per heavy atom. The average Bonchev–Trinajstić information content (AvgIpc) is 2.86. The van der Waals surface area contributed by atoms with Crippen LogP contribution in [0.2, 0.25) is 5.02 Å². The molecule has 1 N–H and O–H groups in total. The van der Waals surface area contributed by atoms with Crippen molar-refractivity contribution >= 4 is 17.3 Å². The number of nitriles is 1. The Kier molecular flexibility index (Phi) is 4.14. The minimum atomic E-state index is 0.442. The van der Waals surface area contributed by atoms with Crippen LogP contribution in [0.1, 0.15) is 44.6 Å². The van der Waals surface area contributed by atoms with E-state index in [9.17, 15) is 0 Å². The van der Waals surface area contributed by atoms with Crippen LogP contribution in [0.25, 0.3) is 0 Å². The Balaban J connectivity index is 2.04. The van der Waals surface area contributed by atoms with E-state index in [4.69, 9.17) is 16.9 Å². The highest BCUT2D eigenvalue weighted by Crippen LogP contribution is 2.41. The first kappa shape index (κ1) is 13.2. The van der Waals surface area contributed by atoms with Crippen LogP contribution in [0.4, 0.5) is 5.69 Å². The third-order valence-electron chi connectivity index (χ3n) is 4.17. The van der Waals surface area contributed by atoms with Crippen molar-refractivity contribution in [2.45, 2.75) is 39.0 Å². The summed E-state index contributed by atoms with van der Waals surface area (Å²) < 4.78 is 0. The first-order valence-electron chi connectivity index (χ1n) is 6.63. The Hall–Kier alpha value is -1.20. The molecule has 18 heavy (non-hydrogen) atoms. The number of benzene rings is 1. The van der Waals surface area contributed by atoms with Gasteiger partial charge < -0.3 is 5.32 Å². The maximum absolute atomic E-state index is 8.81. The Labute approximate surface area is 114 Å². The first-order chi connectivity index (χ1) is 8.69. The van der Waals surface area contributed by atoms with Gasteiger partial charge in [0.05, 0.1) is 22.3 Å². The smallest absolute Gasteiger partial charge is 0.0992 e. The molecule has 0 aromatic heterocycles. The lowest BCUT2D eigenvalue weighted by Gasteiger charge is -2.28. The van der Waals surface area contributed by atoms with Gasteiger partial charge in [0.1, 0.15) is 0 Å². The van der Waals surface area contributed by atoms with E-state index in [0.29, 0.717) is 16.0 Å². The normalized spacial score (nSPS) is 17.4. The van der Waals surface area contributed by atoms with Crippen LogP contribution >= 0.6 is 11.6 Å². The highest BCUT2D eigenvalue weighted by molar-refractivity contribution is 6.33. The first-order valence-corrected chi connectivity index (χ1v) is 7.00. The number of rotatable bonds is 4. The number of hydrogen-bond donors (Lipinski definition) is 1. The topological polar surface area (TPSA) is 35.8 Å². The molecule has 0 radical (unpaired) electrons. The van der Waals surface area contributed by atoms with Crippen LogP contribution in [0, 0.1) is 16.7 Å². The zero-order chi connectivity index (χ0) is 13.0. The lowest BCUT2D eigenvalue weighted by Crippen LogP contribution is -2.25. The fourth-order valence-electron chi connectivity index (χ4n) is 2.79. The lowest BCUT2D eigenvalue weighted by molar-refractivity contribution is 0.307. The predicted octanol–water partition coefficient (Wildman–Crippen LogP) is 4.59. The molecular formula is C15H19ClN2. The quantitative estimate of drug-likeness (QED) is 0.861. The van der Waals surface area contributed by atoms with Crippen LogP contribution in [0.3, 0.4) is 0 Å². The molecule has 1 aliphatic carbocycles. The van der Waals surface area contributed by atoms with E-state index in [1.165, 1.54) is 32.1 Å². The molecule has 0 amide bonds. The van der Waals surface area contributed by atoms with E-state index in [1.807, 2.05) is 12.1 Å². The van der Waals surface area contributed by atoms with Crippen LogP contribution in [0.5, 0.6) is 0 Å². The average molecular weight is 263 g/mol. The summed E-state index contributed by atoms with van der Waals surface area (Å²) in [5.74, 6) is 0. The molecule has 0 aliphatic heterocycles. The Morgan fingerprint density at radius 2 is 2.11 bits per heavy atom. The van der Waals surface area contributed by atoms with Gasteiger partial charge in [-0.3, -0.25) is 0 Å². The minimum Gasteiger partial charge on any atom is -0.383 e. The van der Waals surface area contributed by atoms with Gasteiger partial charge in [-0.2, -0.15) is 5.26 Å². The van der Waals surface area contributed by atoms with Crippen LogP contribution in [-0.4, -0.2) is 6.54 Å². The van der Waals surface area contributed by atoms with E-state index < -0.39 is 0 Å². The maximum Gasteiger partial charge on any atom is 0.0992 e. The zero-order valence-corrected chi connectivity index (χ0v) is 11.6. The summed E-state index contributed by atoms with van der Waals surface area (Å²) in [6, 6.07) is 7.53. The summed E-state index contributed by atoms with van der Waals surface area (Å²) in [4.78, 5) is 0. The summed E-state index contributed by atoms with van der Waals surface area (Å²) in [7, 11) is 0. The maximum atomic E-state index is 8.81. The second-order valence-corrected chi connectivity index (χ2v) is 5.63. The fourth-order valence-corrected chi connectivity index (χ4v) is 3.04. The molecule has 0 bridgehead atoms. The van der Waals surface area contributed by atoms with Crippen molar-refractivity contribution in [1.29, 1.82) is 5.26 Å². The van der Waals surface area contributed by atoms with Gasteiger partial charge in [-0.15, -0.1) is 0 Å². The van der Waals surface area contributed by atoms with Crippen LogP contribution in [-0.2, 0) is 0 Å². The van der Waals surface area contributed by atoms with E-state index in [0.717, 1.165) is 12.2 Å². The number of nitrogens with zero attached hydrogens (tertiary/aromatic N) is 1. The van der Waals surface area contributed by atoms with Gasteiger partial charge in [0.15, 0.2) is 0 Å². The van der Waals surface area contributed by atoms with Crippen molar-refractivity contribution in [3.05, 3.63) is 28.8 Å². The number of halogens is 1. The zero-order valence-electron chi connectivity index (χ0n) is 10.8. The van der Waals surface area contributed by atoms with Crippen molar-refractivity contribution in [3.8, 4) is 6.07 Å². The van der Waals surface area contributed by atoms with Gasteiger partial charge in [-0.25, -0.2) is 0 Å². The summed E-state index contributed by atoms with van der Waals surface area (Å²) >= 11 is 6.17. The van der Waals surface area contributed by atoms with Gasteiger partial charge in [-0.05, 0) is 42.9 Å². The van der Waals surface area contributed by atoms with Crippen molar-refractivity contribution in [3.63, 3.8) is 0 Å². The van der Waals surface area contributed by atoms with Crippen molar-refractivity contribution in [2.24, 2.45) is 5.41 Å². The van der Waals surface area contributed by atoms with Gasteiger partial charge in [-0.1, -0.05) is 31.4 Å². The summed E-state index contributed by atoms with van der Waals surface area (Å²) in [5.41, 5.74) is 1.99. The van der Waals surface area contributed by atoms with Gasteiger partial charge >= 0.3 is 0 Å². The van der Waals surface area contributed by atoms with Crippen molar-refractivity contribution < 1.29 is 0 Å². The van der Waals surface area contributed by atoms with Crippen LogP contribution in [0.15, 0.2) is 18.2 Å². The monoisotopic (exact) mass is 262 g/mol. The number of anilines is 1. The number of nitrogens with one attached hydrogen (secondary N) is 1. The second kappa shape index (κ2) is 5.63. The largest absolute Gasteiger partial charge is 0.383 e. The van der Waals surface area contributed by atoms with Crippen molar-refractivity contribution in [2.75, 3.05) is 11.9 Å². The van der Waals surface area contributed by atoms with Gasteiger partial charge in [0.25, 0.3) is 0 Å². The molecule has 0 heterocycles. The molecule has 1 aromatic carbocycles. The molecule has 0 unspecified atom stereocenters. The molecule has 0 spiro atoms. The SMILES string of the molecule is CCC1(CNc2ccc(C#N)cc2Cl)CCCC1. The van der Waals surface area contributed by atoms with E-state index in [-0.39, 0.29) is 0 Å². The molecule has 2 nitrogen and oxygen atoms in total. The molecule has 0 saturated heterocycles. The van der Waals surface area contributed by atoms with Gasteiger partial charge in [0.2, 0.25) is 0 Å².